The van der Waals surface area contributed by atoms with E-state index in [9.17, 15) is 0 Å². The van der Waals surface area contributed by atoms with Crippen LogP contribution in [0.4, 0.5) is 0 Å². The largest absolute Gasteiger partial charge is 0.0616 e. The summed E-state index contributed by atoms with van der Waals surface area (Å²) in [6.07, 6.45) is 3.94. The molecule has 0 fully saturated rings. The van der Waals surface area contributed by atoms with E-state index in [2.05, 4.69) is 333 Å². The second-order valence-corrected chi connectivity index (χ2v) is 28.9. The average molecular weight is 1300 g/mol. The summed E-state index contributed by atoms with van der Waals surface area (Å²) >= 11 is 0. The van der Waals surface area contributed by atoms with Gasteiger partial charge in [-0.3, -0.25) is 0 Å². The molecule has 0 saturated heterocycles. The smallest absolute Gasteiger partial charge is 0.000718 e. The van der Waals surface area contributed by atoms with Crippen LogP contribution in [0, 0.1) is 13.8 Å². The quantitative estimate of drug-likeness (QED) is 0.114. The van der Waals surface area contributed by atoms with Crippen LogP contribution in [0.2, 0.25) is 0 Å². The molecule has 0 aromatic heterocycles. The summed E-state index contributed by atoms with van der Waals surface area (Å²) in [6, 6.07) is 114. The van der Waals surface area contributed by atoms with Crippen LogP contribution >= 0.6 is 0 Å². The van der Waals surface area contributed by atoms with E-state index in [4.69, 9.17) is 0 Å². The lowest BCUT2D eigenvalue weighted by Gasteiger charge is -2.20. The molecule has 0 heterocycles. The molecule has 0 atom stereocenters. The van der Waals surface area contributed by atoms with Gasteiger partial charge < -0.3 is 0 Å². The molecule has 0 spiro atoms. The summed E-state index contributed by atoms with van der Waals surface area (Å²) in [5.41, 5.74) is 33.2. The highest BCUT2D eigenvalue weighted by Gasteiger charge is 2.34. The zero-order chi connectivity index (χ0) is 68.2. The van der Waals surface area contributed by atoms with Crippen LogP contribution in [0.5, 0.6) is 0 Å². The first-order valence-electron chi connectivity index (χ1n) is 36.9. The molecule has 0 saturated carbocycles. The molecule has 0 unspecified atom stereocenters. The number of hydrogen-bond donors (Lipinski definition) is 0. The van der Waals surface area contributed by atoms with Crippen molar-refractivity contribution in [3.8, 4) is 111 Å². The molecule has 0 radical (unpaired) electrons. The molecule has 19 aromatic carbocycles. The Morgan fingerprint density at radius 2 is 0.490 bits per heavy atom. The Balaban J connectivity index is 0.860. The minimum Gasteiger partial charge on any atom is -0.0616 e. The first-order chi connectivity index (χ1) is 50.2. The van der Waals surface area contributed by atoms with Crippen molar-refractivity contribution in [3.63, 3.8) is 0 Å². The SMILES string of the molecule is CCc1ccc(-c2c3c(c(-c4ccc(CC)cc4)c4ccccc24)-c2ccc(-c4ccc5c6c(-c7ccc(CC)cc7)c7c8ccc(-c9cc(-c%10ccc(C)cc%10)cc%10cc(-c%11ccc(C)cc%11)ccc9%10)c9cccc(c7c(-c7ccc(CC)cc7)c6c6cccc4c65)c98)c4cccc-3c24)cc1. The zero-order valence-electron chi connectivity index (χ0n) is 58.5. The Morgan fingerprint density at radius 3 is 0.941 bits per heavy atom. The molecule has 1 aliphatic rings. The molecular formula is C102H74. The van der Waals surface area contributed by atoms with Crippen LogP contribution in [0.3, 0.4) is 0 Å². The Labute approximate surface area is 596 Å². The van der Waals surface area contributed by atoms with E-state index in [0.717, 1.165) is 25.7 Å². The van der Waals surface area contributed by atoms with E-state index < -0.39 is 0 Å². The average Bonchev–Trinajstić information content (AvgIpc) is 1.52. The molecule has 482 valence electrons. The molecule has 102 heavy (non-hydrogen) atoms. The van der Waals surface area contributed by atoms with Gasteiger partial charge in [-0.1, -0.05) is 312 Å². The topological polar surface area (TPSA) is 0 Å². The summed E-state index contributed by atoms with van der Waals surface area (Å²) in [7, 11) is 0. The molecule has 1 aliphatic carbocycles. The van der Waals surface area contributed by atoms with Crippen molar-refractivity contribution in [3.05, 3.63) is 325 Å². The van der Waals surface area contributed by atoms with Crippen LogP contribution in [0.25, 0.3) is 208 Å². The highest BCUT2D eigenvalue weighted by atomic mass is 14.4. The maximum atomic E-state index is 2.51. The molecular weight excluding hydrogens is 1230 g/mol. The third-order valence-electron chi connectivity index (χ3n) is 23.4. The van der Waals surface area contributed by atoms with Crippen molar-refractivity contribution in [1.82, 2.24) is 0 Å². The van der Waals surface area contributed by atoms with E-state index in [-0.39, 0.29) is 0 Å². The van der Waals surface area contributed by atoms with Gasteiger partial charge in [0.15, 0.2) is 0 Å². The van der Waals surface area contributed by atoms with Crippen LogP contribution in [0.15, 0.2) is 291 Å². The van der Waals surface area contributed by atoms with Crippen molar-refractivity contribution in [2.75, 3.05) is 0 Å². The molecule has 0 heteroatoms. The zero-order valence-corrected chi connectivity index (χ0v) is 58.5. The normalized spacial score (nSPS) is 12.2. The highest BCUT2D eigenvalue weighted by molar-refractivity contribution is 6.47. The number of hydrogen-bond acceptors (Lipinski definition) is 0. The summed E-state index contributed by atoms with van der Waals surface area (Å²) in [5, 5.41) is 23.2. The molecule has 0 amide bonds. The Bertz CT molecular complexity index is 6430. The van der Waals surface area contributed by atoms with E-state index in [0.29, 0.717) is 0 Å². The molecule has 0 N–H and O–H groups in total. The fraction of sp³-hybridized carbons (Fsp3) is 0.0980. The van der Waals surface area contributed by atoms with Crippen molar-refractivity contribution < 1.29 is 0 Å². The van der Waals surface area contributed by atoms with E-state index in [1.165, 1.54) is 242 Å². The van der Waals surface area contributed by atoms with Crippen LogP contribution < -0.4 is 0 Å². The lowest BCUT2D eigenvalue weighted by Crippen LogP contribution is -1.94. The molecule has 20 rings (SSSR count). The maximum absolute atomic E-state index is 2.51. The summed E-state index contributed by atoms with van der Waals surface area (Å²) in [6.45, 7) is 13.4. The summed E-state index contributed by atoms with van der Waals surface area (Å²) in [4.78, 5) is 0. The van der Waals surface area contributed by atoms with Crippen molar-refractivity contribution >= 4 is 97.0 Å². The number of rotatable bonds is 12. The number of benzene rings is 17. The Hall–Kier alpha value is -12.0. The van der Waals surface area contributed by atoms with Crippen LogP contribution in [0.1, 0.15) is 61.1 Å². The molecule has 0 nitrogen and oxygen atoms in total. The van der Waals surface area contributed by atoms with Gasteiger partial charge in [0, 0.05) is 0 Å². The van der Waals surface area contributed by atoms with Crippen molar-refractivity contribution in [2.45, 2.75) is 67.2 Å². The Morgan fingerprint density at radius 1 is 0.176 bits per heavy atom. The van der Waals surface area contributed by atoms with Gasteiger partial charge in [-0.2, -0.15) is 0 Å². The van der Waals surface area contributed by atoms with Crippen molar-refractivity contribution in [2.24, 2.45) is 0 Å². The number of aryl methyl sites for hydroxylation is 6. The fourth-order valence-electron chi connectivity index (χ4n) is 18.2. The summed E-state index contributed by atoms with van der Waals surface area (Å²) in [5.74, 6) is 0. The van der Waals surface area contributed by atoms with Gasteiger partial charge in [-0.15, -0.1) is 0 Å². The lowest BCUT2D eigenvalue weighted by molar-refractivity contribution is 1.14. The number of fused-ring (bicyclic) bond motifs is 11. The molecule has 0 bridgehead atoms. The third kappa shape index (κ3) is 8.95. The second kappa shape index (κ2) is 23.3. The standard InChI is InChI=1S/C102H74/c1-7-61-28-40-67(41-29-61)90-81-16-11-12-17-82(81)91(68-42-30-62(8-2)31-43-68)98-86-53-50-75(78-18-13-21-83(94(78)86)97(90)98)76-51-54-87-95-79(76)19-14-22-84(95)99-92(69-44-32-63(9-3)33-45-69)100-85-23-15-20-80-77(52-55-88(96(80)85)102(100)93(101(87)99)70-46-34-64(10-4)35-47-70)89-58-72(66-38-26-60(6)27-39-66)57-73-56-71(48-49-74(73)89)65-36-24-59(5)25-37-65/h11-58H,7-10H2,1-6H3. The predicted octanol–water partition coefficient (Wildman–Crippen LogP) is 28.8. The first-order valence-corrected chi connectivity index (χ1v) is 36.9. The first kappa shape index (κ1) is 60.0. The second-order valence-electron chi connectivity index (χ2n) is 28.9. The fourth-order valence-corrected chi connectivity index (χ4v) is 18.2. The maximum Gasteiger partial charge on any atom is -0.000718 e. The van der Waals surface area contributed by atoms with Gasteiger partial charge in [0.2, 0.25) is 0 Å². The van der Waals surface area contributed by atoms with Gasteiger partial charge >= 0.3 is 0 Å². The minimum absolute atomic E-state index is 0.972. The predicted molar refractivity (Wildman–Crippen MR) is 441 cm³/mol. The van der Waals surface area contributed by atoms with E-state index in [1.54, 1.807) is 0 Å². The highest BCUT2D eigenvalue weighted by Crippen LogP contribution is 2.61. The van der Waals surface area contributed by atoms with Gasteiger partial charge in [0.1, 0.15) is 0 Å². The van der Waals surface area contributed by atoms with E-state index in [1.807, 2.05) is 0 Å². The van der Waals surface area contributed by atoms with Gasteiger partial charge in [0.05, 0.1) is 0 Å². The lowest BCUT2D eigenvalue weighted by atomic mass is 9.82. The van der Waals surface area contributed by atoms with Gasteiger partial charge in [-0.05, 0) is 288 Å². The van der Waals surface area contributed by atoms with Crippen LogP contribution in [-0.2, 0) is 25.7 Å². The minimum atomic E-state index is 0.972. The van der Waals surface area contributed by atoms with Gasteiger partial charge in [0.25, 0.3) is 0 Å². The molecule has 0 aliphatic heterocycles. The van der Waals surface area contributed by atoms with Gasteiger partial charge in [-0.25, -0.2) is 0 Å². The van der Waals surface area contributed by atoms with Crippen molar-refractivity contribution in [1.29, 1.82) is 0 Å². The summed E-state index contributed by atoms with van der Waals surface area (Å²) < 4.78 is 0. The third-order valence-corrected chi connectivity index (χ3v) is 23.4. The van der Waals surface area contributed by atoms with E-state index >= 15 is 0 Å². The Kier molecular flexibility index (Phi) is 13.7. The molecule has 19 aromatic rings. The van der Waals surface area contributed by atoms with Crippen LogP contribution in [-0.4, -0.2) is 0 Å². The monoisotopic (exact) mass is 1300 g/mol.